The van der Waals surface area contributed by atoms with Crippen LogP contribution in [0.1, 0.15) is 47.2 Å². The standard InChI is InChI=1S/C23H24O4/c1-25-20-11-12-21-17(15-20)7-8-18(23(21)24)14-16-5-9-19(10-6-16)27-22-4-2-3-13-26-22/h5-6,9-12,14-15,22H,2-4,7-8,13H2,1H3/b18-14+. The van der Waals surface area contributed by atoms with Crippen molar-refractivity contribution >= 4 is 11.9 Å². The molecule has 2 aromatic rings. The van der Waals surface area contributed by atoms with Crippen molar-refractivity contribution in [1.29, 1.82) is 0 Å². The highest BCUT2D eigenvalue weighted by molar-refractivity contribution is 6.13. The number of aryl methyl sites for hydroxylation is 1. The monoisotopic (exact) mass is 364 g/mol. The quantitative estimate of drug-likeness (QED) is 0.730. The fourth-order valence-electron chi connectivity index (χ4n) is 3.62. The molecule has 4 rings (SSSR count). The van der Waals surface area contributed by atoms with Gasteiger partial charge in [0.2, 0.25) is 0 Å². The maximum atomic E-state index is 12.8. The van der Waals surface area contributed by atoms with E-state index in [0.717, 1.165) is 72.5 Å². The average Bonchev–Trinajstić information content (AvgIpc) is 2.72. The van der Waals surface area contributed by atoms with Crippen LogP contribution in [0.4, 0.5) is 0 Å². The van der Waals surface area contributed by atoms with E-state index >= 15 is 0 Å². The van der Waals surface area contributed by atoms with Crippen LogP contribution >= 0.6 is 0 Å². The zero-order valence-electron chi connectivity index (χ0n) is 15.6. The van der Waals surface area contributed by atoms with Crippen LogP contribution in [0, 0.1) is 0 Å². The molecule has 2 aliphatic rings. The van der Waals surface area contributed by atoms with Gasteiger partial charge < -0.3 is 14.2 Å². The molecule has 0 saturated carbocycles. The number of methoxy groups -OCH3 is 1. The van der Waals surface area contributed by atoms with E-state index in [9.17, 15) is 4.79 Å². The molecule has 4 heteroatoms. The predicted octanol–water partition coefficient (Wildman–Crippen LogP) is 4.81. The molecular weight excluding hydrogens is 340 g/mol. The molecule has 0 bridgehead atoms. The third kappa shape index (κ3) is 4.06. The molecule has 0 radical (unpaired) electrons. The fourth-order valence-corrected chi connectivity index (χ4v) is 3.62. The van der Waals surface area contributed by atoms with Crippen molar-refractivity contribution < 1.29 is 19.0 Å². The van der Waals surface area contributed by atoms with Gasteiger partial charge in [0.15, 0.2) is 12.1 Å². The number of carbonyl (C=O) groups excluding carboxylic acids is 1. The van der Waals surface area contributed by atoms with Gasteiger partial charge >= 0.3 is 0 Å². The minimum absolute atomic E-state index is 0.106. The Hall–Kier alpha value is -2.59. The normalized spacial score (nSPS) is 21.0. The summed E-state index contributed by atoms with van der Waals surface area (Å²) < 4.78 is 16.7. The molecule has 1 atom stereocenters. The first kappa shape index (κ1) is 17.8. The van der Waals surface area contributed by atoms with E-state index in [1.165, 1.54) is 0 Å². The van der Waals surface area contributed by atoms with Crippen LogP contribution in [0.25, 0.3) is 6.08 Å². The minimum atomic E-state index is -0.142. The highest BCUT2D eigenvalue weighted by Gasteiger charge is 2.22. The summed E-state index contributed by atoms with van der Waals surface area (Å²) in [6.07, 6.45) is 6.62. The Bertz CT molecular complexity index is 845. The molecular formula is C23H24O4. The van der Waals surface area contributed by atoms with Crippen molar-refractivity contribution in [3.63, 3.8) is 0 Å². The molecule has 1 aliphatic heterocycles. The number of benzene rings is 2. The van der Waals surface area contributed by atoms with E-state index in [1.807, 2.05) is 48.5 Å². The van der Waals surface area contributed by atoms with E-state index in [2.05, 4.69) is 0 Å². The highest BCUT2D eigenvalue weighted by Crippen LogP contribution is 2.30. The SMILES string of the molecule is COc1ccc2c(c1)CC/C(=C\c1ccc(OC3CCCCO3)cc1)C2=O. The number of rotatable bonds is 4. The Morgan fingerprint density at radius 2 is 1.85 bits per heavy atom. The molecule has 1 fully saturated rings. The van der Waals surface area contributed by atoms with Crippen molar-refractivity contribution in [1.82, 2.24) is 0 Å². The summed E-state index contributed by atoms with van der Waals surface area (Å²) in [6.45, 7) is 0.768. The van der Waals surface area contributed by atoms with Gasteiger partial charge in [-0.15, -0.1) is 0 Å². The molecule has 140 valence electrons. The van der Waals surface area contributed by atoms with E-state index in [1.54, 1.807) is 7.11 Å². The van der Waals surface area contributed by atoms with E-state index in [4.69, 9.17) is 14.2 Å². The molecule has 0 N–H and O–H groups in total. The van der Waals surface area contributed by atoms with Crippen LogP contribution in [0.5, 0.6) is 11.5 Å². The summed E-state index contributed by atoms with van der Waals surface area (Å²) in [7, 11) is 1.64. The number of fused-ring (bicyclic) bond motifs is 1. The lowest BCUT2D eigenvalue weighted by Gasteiger charge is -2.23. The summed E-state index contributed by atoms with van der Waals surface area (Å²) in [4.78, 5) is 12.8. The molecule has 1 aliphatic carbocycles. The molecule has 1 saturated heterocycles. The van der Waals surface area contributed by atoms with Crippen molar-refractivity contribution in [2.45, 2.75) is 38.4 Å². The molecule has 1 heterocycles. The Morgan fingerprint density at radius 1 is 1.04 bits per heavy atom. The topological polar surface area (TPSA) is 44.8 Å². The third-order valence-electron chi connectivity index (χ3n) is 5.14. The molecule has 4 nitrogen and oxygen atoms in total. The second-order valence-corrected chi connectivity index (χ2v) is 7.00. The van der Waals surface area contributed by atoms with E-state index in [0.29, 0.717) is 0 Å². The molecule has 2 aromatic carbocycles. The number of hydrogen-bond acceptors (Lipinski definition) is 4. The van der Waals surface area contributed by atoms with Gasteiger partial charge in [-0.25, -0.2) is 0 Å². The second kappa shape index (κ2) is 7.97. The Balaban J connectivity index is 1.47. The van der Waals surface area contributed by atoms with Gasteiger partial charge in [-0.2, -0.15) is 0 Å². The van der Waals surface area contributed by atoms with Crippen molar-refractivity contribution in [3.8, 4) is 11.5 Å². The first-order valence-corrected chi connectivity index (χ1v) is 9.53. The van der Waals surface area contributed by atoms with Crippen LogP contribution in [-0.2, 0) is 11.2 Å². The number of ketones is 1. The second-order valence-electron chi connectivity index (χ2n) is 7.00. The van der Waals surface area contributed by atoms with Crippen LogP contribution in [0.2, 0.25) is 0 Å². The molecule has 0 amide bonds. The first-order chi connectivity index (χ1) is 13.2. The number of hydrogen-bond donors (Lipinski definition) is 0. The Labute approximate surface area is 159 Å². The van der Waals surface area contributed by atoms with Gasteiger partial charge in [-0.1, -0.05) is 12.1 Å². The van der Waals surface area contributed by atoms with Gasteiger partial charge in [0.1, 0.15) is 11.5 Å². The van der Waals surface area contributed by atoms with Crippen LogP contribution in [0.15, 0.2) is 48.0 Å². The lowest BCUT2D eigenvalue weighted by Crippen LogP contribution is -2.24. The first-order valence-electron chi connectivity index (χ1n) is 9.53. The summed E-state index contributed by atoms with van der Waals surface area (Å²) >= 11 is 0. The number of allylic oxidation sites excluding steroid dienone is 1. The van der Waals surface area contributed by atoms with Crippen molar-refractivity contribution in [3.05, 3.63) is 64.7 Å². The fraction of sp³-hybridized carbons (Fsp3) is 0.348. The predicted molar refractivity (Wildman–Crippen MR) is 104 cm³/mol. The van der Waals surface area contributed by atoms with Crippen molar-refractivity contribution in [2.75, 3.05) is 13.7 Å². The highest BCUT2D eigenvalue weighted by atomic mass is 16.7. The lowest BCUT2D eigenvalue weighted by molar-refractivity contribution is -0.105. The number of ether oxygens (including phenoxy) is 3. The largest absolute Gasteiger partial charge is 0.497 e. The van der Waals surface area contributed by atoms with E-state index < -0.39 is 0 Å². The van der Waals surface area contributed by atoms with Gasteiger partial charge in [0.05, 0.1) is 13.7 Å². The molecule has 27 heavy (non-hydrogen) atoms. The Morgan fingerprint density at radius 3 is 2.59 bits per heavy atom. The molecule has 0 aromatic heterocycles. The average molecular weight is 364 g/mol. The van der Waals surface area contributed by atoms with Crippen LogP contribution < -0.4 is 9.47 Å². The van der Waals surface area contributed by atoms with Gasteiger partial charge in [-0.3, -0.25) is 4.79 Å². The van der Waals surface area contributed by atoms with Crippen molar-refractivity contribution in [2.24, 2.45) is 0 Å². The lowest BCUT2D eigenvalue weighted by atomic mass is 9.86. The smallest absolute Gasteiger partial charge is 0.199 e. The molecule has 0 spiro atoms. The minimum Gasteiger partial charge on any atom is -0.497 e. The Kier molecular flexibility index (Phi) is 5.26. The third-order valence-corrected chi connectivity index (χ3v) is 5.14. The maximum Gasteiger partial charge on any atom is 0.199 e. The number of Topliss-reactive ketones (excluding diaryl/α,β-unsaturated/α-hetero) is 1. The number of carbonyl (C=O) groups is 1. The summed E-state index contributed by atoms with van der Waals surface area (Å²) in [5, 5.41) is 0. The van der Waals surface area contributed by atoms with Gasteiger partial charge in [0, 0.05) is 17.6 Å². The summed E-state index contributed by atoms with van der Waals surface area (Å²) in [5.41, 5.74) is 3.69. The maximum absolute atomic E-state index is 12.8. The van der Waals surface area contributed by atoms with Gasteiger partial charge in [0.25, 0.3) is 0 Å². The van der Waals surface area contributed by atoms with Gasteiger partial charge in [-0.05, 0) is 73.2 Å². The van der Waals surface area contributed by atoms with Crippen LogP contribution in [-0.4, -0.2) is 25.8 Å². The van der Waals surface area contributed by atoms with Crippen LogP contribution in [0.3, 0.4) is 0 Å². The zero-order chi connectivity index (χ0) is 18.6. The zero-order valence-corrected chi connectivity index (χ0v) is 15.6. The van der Waals surface area contributed by atoms with E-state index in [-0.39, 0.29) is 12.1 Å². The summed E-state index contributed by atoms with van der Waals surface area (Å²) in [6, 6.07) is 13.5. The molecule has 1 unspecified atom stereocenters. The summed E-state index contributed by atoms with van der Waals surface area (Å²) in [5.74, 6) is 1.71.